The molecule has 10 heteroatoms. The topological polar surface area (TPSA) is 110 Å². The lowest BCUT2D eigenvalue weighted by atomic mass is 10.1. The van der Waals surface area contributed by atoms with Crippen LogP contribution in [0.3, 0.4) is 0 Å². The maximum absolute atomic E-state index is 13.5. The van der Waals surface area contributed by atoms with E-state index in [0.717, 1.165) is 28.6 Å². The Morgan fingerprint density at radius 3 is 2.55 bits per heavy atom. The van der Waals surface area contributed by atoms with Crippen molar-refractivity contribution in [3.05, 3.63) is 76.6 Å². The van der Waals surface area contributed by atoms with Gasteiger partial charge in [0.15, 0.2) is 5.16 Å². The van der Waals surface area contributed by atoms with E-state index in [1.807, 2.05) is 44.2 Å². The summed E-state index contributed by atoms with van der Waals surface area (Å²) in [5, 5.41) is 14.2. The van der Waals surface area contributed by atoms with Crippen LogP contribution in [0, 0.1) is 13.8 Å². The van der Waals surface area contributed by atoms with E-state index in [4.69, 9.17) is 0 Å². The molecule has 0 aliphatic carbocycles. The van der Waals surface area contributed by atoms with E-state index >= 15 is 0 Å². The average molecular weight is 463 g/mol. The van der Waals surface area contributed by atoms with Gasteiger partial charge >= 0.3 is 6.03 Å². The Balaban J connectivity index is 1.79. The molecule has 0 saturated carbocycles. The average Bonchev–Trinajstić information content (AvgIpc) is 3.22. The van der Waals surface area contributed by atoms with E-state index in [1.54, 1.807) is 21.1 Å². The third-order valence-electron chi connectivity index (χ3n) is 5.05. The van der Waals surface area contributed by atoms with Crippen molar-refractivity contribution in [2.24, 2.45) is 0 Å². The van der Waals surface area contributed by atoms with Crippen LogP contribution in [0.5, 0.6) is 0 Å². The first-order valence-electron chi connectivity index (χ1n) is 10.2. The Morgan fingerprint density at radius 2 is 1.82 bits per heavy atom. The Morgan fingerprint density at radius 1 is 1.09 bits per heavy atom. The fourth-order valence-electron chi connectivity index (χ4n) is 3.63. The molecule has 0 radical (unpaired) electrons. The van der Waals surface area contributed by atoms with Crippen LogP contribution in [0.25, 0.3) is 22.4 Å². The van der Waals surface area contributed by atoms with Gasteiger partial charge in [-0.05, 0) is 37.1 Å². The third-order valence-corrected chi connectivity index (χ3v) is 5.98. The molecule has 0 bridgehead atoms. The molecule has 2 N–H and O–H groups in total. The number of rotatable bonds is 6. The van der Waals surface area contributed by atoms with E-state index in [1.165, 1.54) is 6.08 Å². The summed E-state index contributed by atoms with van der Waals surface area (Å²) in [6.45, 7) is 7.64. The van der Waals surface area contributed by atoms with Crippen LogP contribution in [-0.2, 0) is 4.79 Å². The molecule has 9 nitrogen and oxygen atoms in total. The lowest BCUT2D eigenvalue weighted by Crippen LogP contribution is -2.40. The Hall–Kier alpha value is -3.92. The molecule has 0 unspecified atom stereocenters. The van der Waals surface area contributed by atoms with Crippen LogP contribution in [0.2, 0.25) is 0 Å². The minimum Gasteiger partial charge on any atom is -0.334 e. The normalized spacial score (nSPS) is 11.0. The number of aryl methyl sites for hydroxylation is 2. The molecule has 2 aromatic carbocycles. The van der Waals surface area contributed by atoms with Crippen molar-refractivity contribution in [1.82, 2.24) is 29.8 Å². The maximum Gasteiger partial charge on any atom is 0.321 e. The van der Waals surface area contributed by atoms with E-state index in [0.29, 0.717) is 21.8 Å². The molecule has 4 rings (SSSR count). The minimum absolute atomic E-state index is 0.0564. The van der Waals surface area contributed by atoms with Crippen LogP contribution >= 0.6 is 11.8 Å². The lowest BCUT2D eigenvalue weighted by Gasteiger charge is -2.15. The highest BCUT2D eigenvalue weighted by molar-refractivity contribution is 7.99. The van der Waals surface area contributed by atoms with Gasteiger partial charge in [0.1, 0.15) is 0 Å². The van der Waals surface area contributed by atoms with E-state index in [2.05, 4.69) is 27.4 Å². The van der Waals surface area contributed by atoms with Crippen molar-refractivity contribution in [2.45, 2.75) is 19.0 Å². The summed E-state index contributed by atoms with van der Waals surface area (Å²) in [5.74, 6) is -0.187. The largest absolute Gasteiger partial charge is 0.334 e. The highest BCUT2D eigenvalue weighted by Crippen LogP contribution is 2.25. The number of nitrogens with one attached hydrogen (secondary N) is 2. The van der Waals surface area contributed by atoms with Gasteiger partial charge in [-0.25, -0.2) is 9.36 Å². The summed E-state index contributed by atoms with van der Waals surface area (Å²) < 4.78 is 3.32. The number of hydrogen-bond acceptors (Lipinski definition) is 6. The summed E-state index contributed by atoms with van der Waals surface area (Å²) in [7, 11) is 0. The molecule has 168 valence electrons. The summed E-state index contributed by atoms with van der Waals surface area (Å²) in [6.07, 6.45) is 1.52. The second-order valence-corrected chi connectivity index (χ2v) is 8.29. The number of nitrogens with zero attached hydrogens (tertiary/aromatic N) is 4. The second kappa shape index (κ2) is 9.29. The molecule has 0 aliphatic heterocycles. The van der Waals surface area contributed by atoms with Gasteiger partial charge in [-0.15, -0.1) is 16.8 Å². The number of thioether (sulfide) groups is 1. The Kier molecular flexibility index (Phi) is 6.27. The number of aromatic nitrogens is 4. The first-order chi connectivity index (χ1) is 15.9. The predicted octanol–water partition coefficient (Wildman–Crippen LogP) is 2.75. The van der Waals surface area contributed by atoms with Gasteiger partial charge in [-0.1, -0.05) is 48.2 Å². The molecule has 0 fully saturated rings. The van der Waals surface area contributed by atoms with Crippen molar-refractivity contribution >= 4 is 40.4 Å². The summed E-state index contributed by atoms with van der Waals surface area (Å²) in [6, 6.07) is 12.4. The molecular weight excluding hydrogens is 440 g/mol. The van der Waals surface area contributed by atoms with Gasteiger partial charge in [0.25, 0.3) is 5.56 Å². The number of hydrogen-bond donors (Lipinski definition) is 2. The SMILES string of the molecule is C=CCNC(=O)NC(=O)CSc1nnc2n(-c3c(C)cccc3C)c(=O)c3ccccc3n12. The number of urea groups is 1. The van der Waals surface area contributed by atoms with Crippen LogP contribution in [0.1, 0.15) is 11.1 Å². The first kappa shape index (κ1) is 22.3. The quantitative estimate of drug-likeness (QED) is 0.337. The zero-order valence-electron chi connectivity index (χ0n) is 18.2. The molecule has 3 amide bonds. The van der Waals surface area contributed by atoms with Crippen molar-refractivity contribution in [3.63, 3.8) is 0 Å². The molecule has 0 spiro atoms. The van der Waals surface area contributed by atoms with Crippen LogP contribution < -0.4 is 16.2 Å². The standard InChI is InChI=1S/C23H22N6O3S/c1-4-12-24-21(32)25-18(30)13-33-23-27-26-22-28(23)17-11-6-5-10-16(17)20(31)29(22)19-14(2)8-7-9-15(19)3/h4-11H,1,12-13H2,2-3H3,(H2,24,25,30,32). The molecule has 4 aromatic rings. The van der Waals surface area contributed by atoms with Gasteiger partial charge in [-0.3, -0.25) is 19.3 Å². The molecule has 0 atom stereocenters. The van der Waals surface area contributed by atoms with Gasteiger partial charge in [0, 0.05) is 6.54 Å². The number of amides is 3. The van der Waals surface area contributed by atoms with Gasteiger partial charge < -0.3 is 5.32 Å². The van der Waals surface area contributed by atoms with Gasteiger partial charge in [0.05, 0.1) is 22.3 Å². The third kappa shape index (κ3) is 4.24. The maximum atomic E-state index is 13.5. The zero-order chi connectivity index (χ0) is 23.5. The molecule has 33 heavy (non-hydrogen) atoms. The van der Waals surface area contributed by atoms with Gasteiger partial charge in [0.2, 0.25) is 11.7 Å². The summed E-state index contributed by atoms with van der Waals surface area (Å²) in [5.41, 5.74) is 3.04. The van der Waals surface area contributed by atoms with Crippen molar-refractivity contribution in [3.8, 4) is 5.69 Å². The van der Waals surface area contributed by atoms with E-state index < -0.39 is 11.9 Å². The molecule has 2 heterocycles. The Bertz CT molecular complexity index is 1440. The predicted molar refractivity (Wildman–Crippen MR) is 128 cm³/mol. The second-order valence-electron chi connectivity index (χ2n) is 7.35. The van der Waals surface area contributed by atoms with Crippen molar-refractivity contribution < 1.29 is 9.59 Å². The summed E-state index contributed by atoms with van der Waals surface area (Å²) >= 11 is 1.13. The monoisotopic (exact) mass is 462 g/mol. The van der Waals surface area contributed by atoms with Crippen molar-refractivity contribution in [1.29, 1.82) is 0 Å². The number of carbonyl (C=O) groups is 2. The molecule has 0 saturated heterocycles. The number of imide groups is 1. The van der Waals surface area contributed by atoms with E-state index in [9.17, 15) is 14.4 Å². The minimum atomic E-state index is -0.596. The lowest BCUT2D eigenvalue weighted by molar-refractivity contribution is -0.117. The molecule has 0 aliphatic rings. The van der Waals surface area contributed by atoms with Crippen LogP contribution in [0.15, 0.2) is 65.1 Å². The smallest absolute Gasteiger partial charge is 0.321 e. The highest BCUT2D eigenvalue weighted by atomic mass is 32.2. The number of fused-ring (bicyclic) bond motifs is 3. The Labute approximate surface area is 193 Å². The number of benzene rings is 2. The fourth-order valence-corrected chi connectivity index (χ4v) is 4.37. The van der Waals surface area contributed by atoms with Crippen molar-refractivity contribution in [2.75, 3.05) is 12.3 Å². The van der Waals surface area contributed by atoms with Gasteiger partial charge in [-0.2, -0.15) is 0 Å². The number of carbonyl (C=O) groups excluding carboxylic acids is 2. The van der Waals surface area contributed by atoms with Crippen LogP contribution in [0.4, 0.5) is 4.79 Å². The zero-order valence-corrected chi connectivity index (χ0v) is 19.0. The van der Waals surface area contributed by atoms with Crippen LogP contribution in [-0.4, -0.2) is 43.4 Å². The molecule has 2 aromatic heterocycles. The highest BCUT2D eigenvalue weighted by Gasteiger charge is 2.20. The summed E-state index contributed by atoms with van der Waals surface area (Å²) in [4.78, 5) is 37.4. The first-order valence-corrected chi connectivity index (χ1v) is 11.2. The fraction of sp³-hybridized carbons (Fsp3) is 0.174. The number of para-hydroxylation sites is 2. The van der Waals surface area contributed by atoms with E-state index in [-0.39, 0.29) is 17.9 Å². The molecular formula is C23H22N6O3S.